The van der Waals surface area contributed by atoms with Crippen molar-refractivity contribution in [1.82, 2.24) is 14.9 Å². The number of allylic oxidation sites excluding steroid dienone is 1. The van der Waals surface area contributed by atoms with Crippen LogP contribution in [0.5, 0.6) is 11.5 Å². The summed E-state index contributed by atoms with van der Waals surface area (Å²) in [5.74, 6) is 2.21. The Morgan fingerprint density at radius 1 is 1.04 bits per heavy atom. The molecule has 0 saturated carbocycles. The smallest absolute Gasteiger partial charge is 0.214 e. The van der Waals surface area contributed by atoms with Gasteiger partial charge in [-0.25, -0.2) is 4.68 Å². The van der Waals surface area contributed by atoms with Gasteiger partial charge in [0.05, 0.1) is 19.9 Å². The highest BCUT2D eigenvalue weighted by Crippen LogP contribution is 2.36. The second-order valence-electron chi connectivity index (χ2n) is 6.25. The summed E-state index contributed by atoms with van der Waals surface area (Å²) >= 11 is 7.62. The van der Waals surface area contributed by atoms with E-state index in [0.717, 1.165) is 32.7 Å². The fourth-order valence-electron chi connectivity index (χ4n) is 3.03. The Balaban J connectivity index is 1.62. The lowest BCUT2D eigenvalue weighted by Crippen LogP contribution is -2.21. The number of methoxy groups -OCH3 is 2. The monoisotopic (exact) mass is 414 g/mol. The van der Waals surface area contributed by atoms with Gasteiger partial charge >= 0.3 is 0 Å². The molecule has 0 bridgehead atoms. The average Bonchev–Trinajstić information content (AvgIpc) is 3.09. The maximum atomic E-state index is 6.03. The van der Waals surface area contributed by atoms with Crippen LogP contribution in [-0.4, -0.2) is 29.1 Å². The Labute approximate surface area is 172 Å². The summed E-state index contributed by atoms with van der Waals surface area (Å²) in [6.07, 6.45) is 0.605. The molecule has 0 fully saturated rings. The van der Waals surface area contributed by atoms with Gasteiger partial charge in [0, 0.05) is 21.9 Å². The number of rotatable bonds is 5. The Bertz CT molecular complexity index is 1050. The fourth-order valence-corrected chi connectivity index (χ4v) is 4.02. The third kappa shape index (κ3) is 3.55. The van der Waals surface area contributed by atoms with Gasteiger partial charge in [-0.1, -0.05) is 41.6 Å². The number of nitrogens with one attached hydrogen (secondary N) is 1. The van der Waals surface area contributed by atoms with Gasteiger partial charge in [-0.15, -0.1) is 10.2 Å². The highest BCUT2D eigenvalue weighted by Gasteiger charge is 2.22. The molecule has 0 atom stereocenters. The van der Waals surface area contributed by atoms with Crippen molar-refractivity contribution in [1.29, 1.82) is 0 Å². The summed E-state index contributed by atoms with van der Waals surface area (Å²) in [6, 6.07) is 13.6. The summed E-state index contributed by atoms with van der Waals surface area (Å²) < 4.78 is 12.6. The normalized spacial score (nSPS) is 13.1. The van der Waals surface area contributed by atoms with Crippen LogP contribution in [-0.2, 0) is 6.42 Å². The van der Waals surface area contributed by atoms with E-state index < -0.39 is 0 Å². The Morgan fingerprint density at radius 3 is 2.50 bits per heavy atom. The van der Waals surface area contributed by atoms with Crippen LogP contribution in [0.25, 0.3) is 5.70 Å². The lowest BCUT2D eigenvalue weighted by Gasteiger charge is -2.22. The number of ether oxygens (including phenoxy) is 2. The van der Waals surface area contributed by atoms with Crippen molar-refractivity contribution in [3.63, 3.8) is 0 Å². The van der Waals surface area contributed by atoms with Crippen molar-refractivity contribution in [2.24, 2.45) is 0 Å². The van der Waals surface area contributed by atoms with E-state index in [2.05, 4.69) is 22.5 Å². The van der Waals surface area contributed by atoms with Gasteiger partial charge in [0.2, 0.25) is 5.16 Å². The molecule has 0 saturated heterocycles. The first-order chi connectivity index (χ1) is 13.6. The lowest BCUT2D eigenvalue weighted by molar-refractivity contribution is 0.354. The Hall–Kier alpha value is -2.64. The quantitative estimate of drug-likeness (QED) is 0.659. The van der Waals surface area contributed by atoms with Crippen molar-refractivity contribution in [2.75, 3.05) is 19.6 Å². The molecule has 0 radical (unpaired) electrons. The van der Waals surface area contributed by atoms with Crippen molar-refractivity contribution in [3.8, 4) is 11.5 Å². The number of benzene rings is 2. The van der Waals surface area contributed by atoms with E-state index in [-0.39, 0.29) is 0 Å². The molecular formula is C20H19ClN4O2S. The second kappa shape index (κ2) is 7.77. The minimum absolute atomic E-state index is 0.605. The van der Waals surface area contributed by atoms with Crippen molar-refractivity contribution in [3.05, 3.63) is 69.3 Å². The molecule has 1 aromatic heterocycles. The van der Waals surface area contributed by atoms with E-state index in [0.29, 0.717) is 22.9 Å². The summed E-state index contributed by atoms with van der Waals surface area (Å²) in [6.45, 7) is 2.06. The number of fused-ring (bicyclic) bond motifs is 1. The summed E-state index contributed by atoms with van der Waals surface area (Å²) in [5.41, 5.74) is 6.59. The zero-order chi connectivity index (χ0) is 19.7. The second-order valence-corrected chi connectivity index (χ2v) is 7.87. The fraction of sp³-hybridized carbons (Fsp3) is 0.200. The summed E-state index contributed by atoms with van der Waals surface area (Å²) in [5, 5.41) is 10.2. The predicted octanol–water partition coefficient (Wildman–Crippen LogP) is 4.58. The Kier molecular flexibility index (Phi) is 5.19. The molecule has 0 amide bonds. The van der Waals surface area contributed by atoms with Crippen molar-refractivity contribution in [2.45, 2.75) is 18.5 Å². The van der Waals surface area contributed by atoms with Crippen LogP contribution >= 0.6 is 23.4 Å². The van der Waals surface area contributed by atoms with E-state index in [1.807, 2.05) is 47.1 Å². The predicted molar refractivity (Wildman–Crippen MR) is 112 cm³/mol. The number of hydrogen-bond donors (Lipinski definition) is 1. The minimum atomic E-state index is 0.605. The van der Waals surface area contributed by atoms with Crippen LogP contribution in [0.15, 0.2) is 52.5 Å². The zero-order valence-electron chi connectivity index (χ0n) is 15.7. The molecule has 0 spiro atoms. The molecule has 28 heavy (non-hydrogen) atoms. The molecule has 144 valence electrons. The molecular weight excluding hydrogens is 396 g/mol. The molecule has 1 aliphatic heterocycles. The van der Waals surface area contributed by atoms with Crippen LogP contribution in [0.2, 0.25) is 5.02 Å². The molecule has 4 rings (SSSR count). The Morgan fingerprint density at radius 2 is 1.79 bits per heavy atom. The average molecular weight is 415 g/mol. The number of hydrogen-bond acceptors (Lipinski definition) is 6. The van der Waals surface area contributed by atoms with Gasteiger partial charge in [-0.05, 0) is 36.8 Å². The number of halogens is 1. The van der Waals surface area contributed by atoms with Crippen LogP contribution in [0.1, 0.15) is 23.9 Å². The van der Waals surface area contributed by atoms with Gasteiger partial charge in [0.25, 0.3) is 0 Å². The van der Waals surface area contributed by atoms with E-state index in [9.17, 15) is 0 Å². The third-order valence-corrected chi connectivity index (χ3v) is 5.67. The molecule has 1 aliphatic rings. The van der Waals surface area contributed by atoms with E-state index in [1.165, 1.54) is 0 Å². The van der Waals surface area contributed by atoms with Gasteiger partial charge in [0.15, 0.2) is 17.3 Å². The standard InChI is InChI=1S/C20H19ClN4O2S/c1-12-19(14-5-7-15(21)8-6-14)24-25-18(22-23-20(25)28-12)11-13-4-9-16(26-2)17(10-13)27-3/h4-10,24H,11H2,1-3H3. The first-order valence-corrected chi connectivity index (χ1v) is 9.85. The first kappa shape index (κ1) is 18.7. The molecule has 2 heterocycles. The minimum Gasteiger partial charge on any atom is -0.493 e. The van der Waals surface area contributed by atoms with E-state index in [4.69, 9.17) is 21.1 Å². The molecule has 6 nitrogen and oxygen atoms in total. The first-order valence-electron chi connectivity index (χ1n) is 8.66. The maximum absolute atomic E-state index is 6.03. The third-order valence-electron chi connectivity index (χ3n) is 4.46. The molecule has 2 aromatic carbocycles. The van der Waals surface area contributed by atoms with Crippen LogP contribution < -0.4 is 14.9 Å². The summed E-state index contributed by atoms with van der Waals surface area (Å²) in [7, 11) is 3.26. The van der Waals surface area contributed by atoms with Crippen LogP contribution in [0, 0.1) is 0 Å². The number of thioether (sulfide) groups is 1. The van der Waals surface area contributed by atoms with Gasteiger partial charge in [-0.3, -0.25) is 5.43 Å². The van der Waals surface area contributed by atoms with Gasteiger partial charge < -0.3 is 9.47 Å². The number of aromatic nitrogens is 3. The topological polar surface area (TPSA) is 61.2 Å². The van der Waals surface area contributed by atoms with E-state index in [1.54, 1.807) is 26.0 Å². The number of nitrogens with zero attached hydrogens (tertiary/aromatic N) is 3. The van der Waals surface area contributed by atoms with Crippen molar-refractivity contribution < 1.29 is 9.47 Å². The van der Waals surface area contributed by atoms with Gasteiger partial charge in [-0.2, -0.15) is 0 Å². The largest absolute Gasteiger partial charge is 0.493 e. The summed E-state index contributed by atoms with van der Waals surface area (Å²) in [4.78, 5) is 1.12. The van der Waals surface area contributed by atoms with Gasteiger partial charge in [0.1, 0.15) is 0 Å². The molecule has 3 aromatic rings. The highest BCUT2D eigenvalue weighted by atomic mass is 35.5. The molecule has 8 heteroatoms. The maximum Gasteiger partial charge on any atom is 0.214 e. The molecule has 0 aliphatic carbocycles. The van der Waals surface area contributed by atoms with E-state index >= 15 is 0 Å². The molecule has 1 N–H and O–H groups in total. The highest BCUT2D eigenvalue weighted by molar-refractivity contribution is 8.03. The van der Waals surface area contributed by atoms with Crippen molar-refractivity contribution >= 4 is 29.1 Å². The molecule has 0 unspecified atom stereocenters. The SMILES string of the molecule is COc1ccc(Cc2nnc3n2NC(c2ccc(Cl)cc2)=C(C)S3)cc1OC. The zero-order valence-corrected chi connectivity index (χ0v) is 17.3. The lowest BCUT2D eigenvalue weighted by atomic mass is 10.1. The van der Waals surface area contributed by atoms with Crippen LogP contribution in [0.4, 0.5) is 0 Å². The van der Waals surface area contributed by atoms with Crippen LogP contribution in [0.3, 0.4) is 0 Å².